The lowest BCUT2D eigenvalue weighted by atomic mass is 9.94. The highest BCUT2D eigenvalue weighted by Crippen LogP contribution is 2.17. The number of rotatable bonds is 6. The zero-order chi connectivity index (χ0) is 11.9. The number of ether oxygens (including phenoxy) is 1. The summed E-state index contributed by atoms with van der Waals surface area (Å²) in [6.07, 6.45) is 6.74. The molecule has 3 heteroatoms. The predicted molar refractivity (Wildman–Crippen MR) is 71.2 cm³/mol. The fraction of sp³-hybridized carbons (Fsp3) is 1.00. The average molecular weight is 240 g/mol. The molecule has 2 heterocycles. The minimum absolute atomic E-state index is 0.627. The molecule has 3 atom stereocenters. The van der Waals surface area contributed by atoms with Crippen LogP contribution in [0.4, 0.5) is 0 Å². The maximum atomic E-state index is 5.43. The third-order valence-corrected chi connectivity index (χ3v) is 4.33. The van der Waals surface area contributed by atoms with Gasteiger partial charge in [0, 0.05) is 12.6 Å². The van der Waals surface area contributed by atoms with Crippen molar-refractivity contribution in [2.75, 3.05) is 32.8 Å². The van der Waals surface area contributed by atoms with E-state index in [2.05, 4.69) is 17.6 Å². The molecule has 0 aromatic heterocycles. The zero-order valence-electron chi connectivity index (χ0n) is 11.2. The molecule has 0 amide bonds. The predicted octanol–water partition coefficient (Wildman–Crippen LogP) is 1.78. The van der Waals surface area contributed by atoms with Crippen LogP contribution in [-0.2, 0) is 4.74 Å². The number of hydrogen-bond acceptors (Lipinski definition) is 3. The Balaban J connectivity index is 1.50. The summed E-state index contributed by atoms with van der Waals surface area (Å²) in [5.74, 6) is 1.67. The summed E-state index contributed by atoms with van der Waals surface area (Å²) < 4.78 is 5.43. The minimum Gasteiger partial charge on any atom is -0.381 e. The van der Waals surface area contributed by atoms with Crippen LogP contribution in [0.2, 0.25) is 0 Å². The molecule has 0 aromatic carbocycles. The Morgan fingerprint density at radius 2 is 2.35 bits per heavy atom. The van der Waals surface area contributed by atoms with Crippen LogP contribution in [0, 0.1) is 11.8 Å². The van der Waals surface area contributed by atoms with Crippen LogP contribution in [0.5, 0.6) is 0 Å². The Labute approximate surface area is 106 Å². The van der Waals surface area contributed by atoms with E-state index in [0.717, 1.165) is 25.0 Å². The summed E-state index contributed by atoms with van der Waals surface area (Å²) >= 11 is 0. The Bertz CT molecular complexity index is 198. The van der Waals surface area contributed by atoms with Gasteiger partial charge in [-0.25, -0.2) is 0 Å². The van der Waals surface area contributed by atoms with Gasteiger partial charge in [0.05, 0.1) is 6.61 Å². The first-order valence-electron chi connectivity index (χ1n) is 7.38. The van der Waals surface area contributed by atoms with Gasteiger partial charge in [-0.15, -0.1) is 0 Å². The van der Waals surface area contributed by atoms with E-state index in [0.29, 0.717) is 6.04 Å². The lowest BCUT2D eigenvalue weighted by Gasteiger charge is -2.23. The molecule has 0 bridgehead atoms. The van der Waals surface area contributed by atoms with Gasteiger partial charge in [0.1, 0.15) is 0 Å². The molecule has 3 unspecified atom stereocenters. The quantitative estimate of drug-likeness (QED) is 0.694. The molecule has 2 fully saturated rings. The largest absolute Gasteiger partial charge is 0.381 e. The van der Waals surface area contributed by atoms with Crippen molar-refractivity contribution in [3.05, 3.63) is 0 Å². The Morgan fingerprint density at radius 1 is 1.41 bits per heavy atom. The van der Waals surface area contributed by atoms with Gasteiger partial charge in [0.2, 0.25) is 0 Å². The number of hydrogen-bond donors (Lipinski definition) is 2. The Hall–Kier alpha value is -0.120. The van der Waals surface area contributed by atoms with Crippen molar-refractivity contribution >= 4 is 0 Å². The van der Waals surface area contributed by atoms with Crippen LogP contribution in [0.3, 0.4) is 0 Å². The van der Waals surface area contributed by atoms with E-state index in [-0.39, 0.29) is 0 Å². The standard InChI is InChI=1S/C14H28N2O/c1-12(14-6-9-17-11-14)16-8-3-5-13-4-2-7-15-10-13/h12-16H,2-11H2,1H3. The highest BCUT2D eigenvalue weighted by Gasteiger charge is 2.21. The first-order chi connectivity index (χ1) is 8.36. The zero-order valence-corrected chi connectivity index (χ0v) is 11.2. The van der Waals surface area contributed by atoms with Crippen LogP contribution < -0.4 is 10.6 Å². The van der Waals surface area contributed by atoms with E-state index in [4.69, 9.17) is 4.74 Å². The van der Waals surface area contributed by atoms with Crippen LogP contribution in [-0.4, -0.2) is 38.9 Å². The Morgan fingerprint density at radius 3 is 3.06 bits per heavy atom. The van der Waals surface area contributed by atoms with Crippen molar-refractivity contribution in [1.29, 1.82) is 0 Å². The average Bonchev–Trinajstić information content (AvgIpc) is 2.89. The molecule has 2 N–H and O–H groups in total. The van der Waals surface area contributed by atoms with E-state index in [1.54, 1.807) is 0 Å². The molecule has 17 heavy (non-hydrogen) atoms. The molecule has 0 spiro atoms. The van der Waals surface area contributed by atoms with Crippen molar-refractivity contribution in [2.45, 2.75) is 45.1 Å². The smallest absolute Gasteiger partial charge is 0.0509 e. The molecular weight excluding hydrogens is 212 g/mol. The van der Waals surface area contributed by atoms with Crippen LogP contribution in [0.25, 0.3) is 0 Å². The molecule has 2 saturated heterocycles. The molecule has 0 aliphatic carbocycles. The first kappa shape index (κ1) is 13.3. The molecule has 2 aliphatic rings. The highest BCUT2D eigenvalue weighted by molar-refractivity contribution is 4.76. The van der Waals surface area contributed by atoms with Crippen molar-refractivity contribution in [1.82, 2.24) is 10.6 Å². The molecule has 100 valence electrons. The summed E-state index contributed by atoms with van der Waals surface area (Å²) in [5, 5.41) is 7.16. The molecule has 0 saturated carbocycles. The molecule has 0 aromatic rings. The summed E-state index contributed by atoms with van der Waals surface area (Å²) in [7, 11) is 0. The van der Waals surface area contributed by atoms with Crippen molar-refractivity contribution in [3.8, 4) is 0 Å². The van der Waals surface area contributed by atoms with Gasteiger partial charge in [-0.05, 0) is 70.5 Å². The van der Waals surface area contributed by atoms with Gasteiger partial charge in [0.15, 0.2) is 0 Å². The Kier molecular flexibility index (Phi) is 5.75. The third kappa shape index (κ3) is 4.57. The summed E-state index contributed by atoms with van der Waals surface area (Å²) in [6.45, 7) is 7.88. The van der Waals surface area contributed by atoms with Crippen molar-refractivity contribution in [2.24, 2.45) is 11.8 Å². The van der Waals surface area contributed by atoms with E-state index in [1.807, 2.05) is 0 Å². The summed E-state index contributed by atoms with van der Waals surface area (Å²) in [5.41, 5.74) is 0. The maximum absolute atomic E-state index is 5.43. The van der Waals surface area contributed by atoms with Crippen molar-refractivity contribution in [3.63, 3.8) is 0 Å². The molecule has 2 aliphatic heterocycles. The van der Waals surface area contributed by atoms with E-state index in [1.165, 1.54) is 51.7 Å². The minimum atomic E-state index is 0.627. The SMILES string of the molecule is CC(NCCCC1CCCNC1)C1CCOC1. The van der Waals surface area contributed by atoms with Gasteiger partial charge < -0.3 is 15.4 Å². The number of piperidine rings is 1. The van der Waals surface area contributed by atoms with Gasteiger partial charge in [-0.2, -0.15) is 0 Å². The second-order valence-electron chi connectivity index (χ2n) is 5.72. The normalized spacial score (nSPS) is 31.6. The topological polar surface area (TPSA) is 33.3 Å². The highest BCUT2D eigenvalue weighted by atomic mass is 16.5. The van der Waals surface area contributed by atoms with Crippen LogP contribution in [0.15, 0.2) is 0 Å². The lowest BCUT2D eigenvalue weighted by Crippen LogP contribution is -2.35. The van der Waals surface area contributed by atoms with Crippen molar-refractivity contribution < 1.29 is 4.74 Å². The second-order valence-corrected chi connectivity index (χ2v) is 5.72. The second kappa shape index (κ2) is 7.34. The van der Waals surface area contributed by atoms with Gasteiger partial charge in [0.25, 0.3) is 0 Å². The summed E-state index contributed by atoms with van der Waals surface area (Å²) in [6, 6.07) is 0.627. The number of nitrogens with one attached hydrogen (secondary N) is 2. The first-order valence-corrected chi connectivity index (χ1v) is 7.38. The molecule has 2 rings (SSSR count). The molecule has 3 nitrogen and oxygen atoms in total. The van der Waals surface area contributed by atoms with E-state index in [9.17, 15) is 0 Å². The third-order valence-electron chi connectivity index (χ3n) is 4.33. The molecular formula is C14H28N2O. The monoisotopic (exact) mass is 240 g/mol. The summed E-state index contributed by atoms with van der Waals surface area (Å²) in [4.78, 5) is 0. The lowest BCUT2D eigenvalue weighted by molar-refractivity contribution is 0.178. The van der Waals surface area contributed by atoms with Crippen LogP contribution >= 0.6 is 0 Å². The fourth-order valence-electron chi connectivity index (χ4n) is 3.00. The van der Waals surface area contributed by atoms with Gasteiger partial charge in [-0.3, -0.25) is 0 Å². The van der Waals surface area contributed by atoms with Crippen LogP contribution in [0.1, 0.15) is 39.0 Å². The van der Waals surface area contributed by atoms with E-state index >= 15 is 0 Å². The maximum Gasteiger partial charge on any atom is 0.0509 e. The molecule has 0 radical (unpaired) electrons. The van der Waals surface area contributed by atoms with E-state index < -0.39 is 0 Å². The van der Waals surface area contributed by atoms with Gasteiger partial charge >= 0.3 is 0 Å². The van der Waals surface area contributed by atoms with Gasteiger partial charge in [-0.1, -0.05) is 0 Å². The fourth-order valence-corrected chi connectivity index (χ4v) is 3.00.